The standard InChI is InChI=1S/C19H22N2O3S3/c22-19(20-16-9-13-25-17-5-2-1-4-15(16)17)14-7-10-21(11-8-14)27(23,24)18-6-3-12-26-18/h1-6,12,14,16H,7-11,13H2,(H,20,22)/t16-/m1/s1. The van der Waals surface area contributed by atoms with Gasteiger partial charge < -0.3 is 5.32 Å². The van der Waals surface area contributed by atoms with Gasteiger partial charge >= 0.3 is 0 Å². The highest BCUT2D eigenvalue weighted by Crippen LogP contribution is 2.36. The zero-order valence-electron chi connectivity index (χ0n) is 14.8. The van der Waals surface area contributed by atoms with E-state index in [4.69, 9.17) is 0 Å². The van der Waals surface area contributed by atoms with Gasteiger partial charge in [0.05, 0.1) is 6.04 Å². The first-order valence-corrected chi connectivity index (χ1v) is 12.4. The molecule has 0 bridgehead atoms. The zero-order chi connectivity index (χ0) is 18.9. The van der Waals surface area contributed by atoms with Gasteiger partial charge in [0, 0.05) is 29.7 Å². The number of fused-ring (bicyclic) bond motifs is 1. The molecule has 0 radical (unpaired) electrons. The number of carbonyl (C=O) groups excluding carboxylic acids is 1. The maximum atomic E-state index is 12.8. The van der Waals surface area contributed by atoms with E-state index in [9.17, 15) is 13.2 Å². The fourth-order valence-electron chi connectivity index (χ4n) is 3.68. The molecule has 1 atom stereocenters. The van der Waals surface area contributed by atoms with Crippen molar-refractivity contribution in [3.8, 4) is 0 Å². The minimum absolute atomic E-state index is 0.0508. The molecule has 1 aromatic heterocycles. The molecule has 0 spiro atoms. The maximum absolute atomic E-state index is 12.8. The maximum Gasteiger partial charge on any atom is 0.252 e. The molecule has 3 heterocycles. The van der Waals surface area contributed by atoms with Gasteiger partial charge in [0.25, 0.3) is 10.0 Å². The second-order valence-corrected chi connectivity index (χ2v) is 11.1. The summed E-state index contributed by atoms with van der Waals surface area (Å²) in [6.45, 7) is 0.796. The second-order valence-electron chi connectivity index (χ2n) is 6.85. The molecule has 1 amide bonds. The first-order valence-electron chi connectivity index (χ1n) is 9.11. The predicted molar refractivity (Wildman–Crippen MR) is 108 cm³/mol. The molecule has 0 unspecified atom stereocenters. The number of sulfonamides is 1. The van der Waals surface area contributed by atoms with Crippen LogP contribution in [0.15, 0.2) is 50.9 Å². The van der Waals surface area contributed by atoms with Gasteiger partial charge in [-0.25, -0.2) is 8.42 Å². The smallest absolute Gasteiger partial charge is 0.252 e. The van der Waals surface area contributed by atoms with Crippen LogP contribution in [0.2, 0.25) is 0 Å². The molecule has 144 valence electrons. The number of hydrogen-bond acceptors (Lipinski definition) is 5. The SMILES string of the molecule is O=C(N[C@@H]1CCSc2ccccc21)C1CCN(S(=O)(=O)c2cccs2)CC1. The highest BCUT2D eigenvalue weighted by Gasteiger charge is 2.33. The van der Waals surface area contributed by atoms with Crippen LogP contribution in [0.3, 0.4) is 0 Å². The highest BCUT2D eigenvalue weighted by molar-refractivity contribution is 7.99. The summed E-state index contributed by atoms with van der Waals surface area (Å²) in [5, 5.41) is 4.98. The molecule has 27 heavy (non-hydrogen) atoms. The highest BCUT2D eigenvalue weighted by atomic mass is 32.2. The molecule has 2 aliphatic heterocycles. The normalized spacial score (nSPS) is 21.6. The third-order valence-electron chi connectivity index (χ3n) is 5.19. The number of nitrogens with zero attached hydrogens (tertiary/aromatic N) is 1. The number of piperidine rings is 1. The zero-order valence-corrected chi connectivity index (χ0v) is 17.3. The molecule has 5 nitrogen and oxygen atoms in total. The van der Waals surface area contributed by atoms with Crippen LogP contribution >= 0.6 is 23.1 Å². The summed E-state index contributed by atoms with van der Waals surface area (Å²) in [7, 11) is -3.42. The lowest BCUT2D eigenvalue weighted by Crippen LogP contribution is -2.43. The molecule has 2 aromatic rings. The summed E-state index contributed by atoms with van der Waals surface area (Å²) in [5.74, 6) is 0.927. The number of carbonyl (C=O) groups is 1. The average Bonchev–Trinajstić information content (AvgIpc) is 3.24. The summed E-state index contributed by atoms with van der Waals surface area (Å²) in [5.41, 5.74) is 1.19. The van der Waals surface area contributed by atoms with Gasteiger partial charge in [-0.3, -0.25) is 4.79 Å². The van der Waals surface area contributed by atoms with Crippen molar-refractivity contribution in [3.05, 3.63) is 47.3 Å². The fourth-order valence-corrected chi connectivity index (χ4v) is 7.42. The van der Waals surface area contributed by atoms with Crippen molar-refractivity contribution in [3.63, 3.8) is 0 Å². The van der Waals surface area contributed by atoms with Crippen LogP contribution in [-0.4, -0.2) is 37.5 Å². The lowest BCUT2D eigenvalue weighted by molar-refractivity contribution is -0.126. The van der Waals surface area contributed by atoms with E-state index in [1.54, 1.807) is 17.5 Å². The Kier molecular flexibility index (Phi) is 5.59. The monoisotopic (exact) mass is 422 g/mol. The van der Waals surface area contributed by atoms with Gasteiger partial charge in [0.1, 0.15) is 4.21 Å². The van der Waals surface area contributed by atoms with Crippen LogP contribution < -0.4 is 5.32 Å². The van der Waals surface area contributed by atoms with E-state index in [2.05, 4.69) is 17.4 Å². The number of amides is 1. The molecule has 2 aliphatic rings. The number of hydrogen-bond donors (Lipinski definition) is 1. The molecule has 1 saturated heterocycles. The van der Waals surface area contributed by atoms with E-state index in [0.717, 1.165) is 12.2 Å². The van der Waals surface area contributed by atoms with Crippen molar-refractivity contribution in [2.24, 2.45) is 5.92 Å². The average molecular weight is 423 g/mol. The van der Waals surface area contributed by atoms with Crippen molar-refractivity contribution < 1.29 is 13.2 Å². The second kappa shape index (κ2) is 7.95. The third-order valence-corrected chi connectivity index (χ3v) is 9.58. The lowest BCUT2D eigenvalue weighted by atomic mass is 9.95. The van der Waals surface area contributed by atoms with E-state index < -0.39 is 10.0 Å². The van der Waals surface area contributed by atoms with Crippen molar-refractivity contribution in [2.75, 3.05) is 18.8 Å². The summed E-state index contributed by atoms with van der Waals surface area (Å²) < 4.78 is 27.1. The molecule has 0 aliphatic carbocycles. The first-order chi connectivity index (χ1) is 13.1. The summed E-state index contributed by atoms with van der Waals surface area (Å²) in [4.78, 5) is 14.0. The molecule has 1 N–H and O–H groups in total. The number of benzene rings is 1. The Morgan fingerprint density at radius 3 is 2.59 bits per heavy atom. The molecular weight excluding hydrogens is 400 g/mol. The van der Waals surface area contributed by atoms with Gasteiger partial charge in [-0.1, -0.05) is 24.3 Å². The fraction of sp³-hybridized carbons (Fsp3) is 0.421. The lowest BCUT2D eigenvalue weighted by Gasteiger charge is -2.32. The van der Waals surface area contributed by atoms with Crippen molar-refractivity contribution >= 4 is 39.0 Å². The topological polar surface area (TPSA) is 66.5 Å². The number of rotatable bonds is 4. The minimum Gasteiger partial charge on any atom is -0.349 e. The molecule has 0 saturated carbocycles. The number of thiophene rings is 1. The minimum atomic E-state index is -3.42. The van der Waals surface area contributed by atoms with Gasteiger partial charge in [-0.15, -0.1) is 23.1 Å². The first kappa shape index (κ1) is 19.0. The molecule has 1 fully saturated rings. The van der Waals surface area contributed by atoms with Crippen LogP contribution in [-0.2, 0) is 14.8 Å². The number of nitrogens with one attached hydrogen (secondary N) is 1. The predicted octanol–water partition coefficient (Wildman–Crippen LogP) is 3.50. The summed E-state index contributed by atoms with van der Waals surface area (Å²) >= 11 is 3.07. The van der Waals surface area contributed by atoms with Crippen molar-refractivity contribution in [2.45, 2.75) is 34.4 Å². The Bertz CT molecular complexity index is 904. The van der Waals surface area contributed by atoms with E-state index in [1.807, 2.05) is 23.9 Å². The number of thioether (sulfide) groups is 1. The van der Waals surface area contributed by atoms with E-state index >= 15 is 0 Å². The Balaban J connectivity index is 1.37. The Labute approximate surface area is 168 Å². The molecule has 1 aromatic carbocycles. The Morgan fingerprint density at radius 2 is 1.85 bits per heavy atom. The Hall–Kier alpha value is -1.35. The summed E-state index contributed by atoms with van der Waals surface area (Å²) in [6.07, 6.45) is 2.07. The van der Waals surface area contributed by atoms with Crippen LogP contribution in [0.25, 0.3) is 0 Å². The van der Waals surface area contributed by atoms with Gasteiger partial charge in [-0.2, -0.15) is 4.31 Å². The van der Waals surface area contributed by atoms with Gasteiger partial charge in [0.2, 0.25) is 5.91 Å². The van der Waals surface area contributed by atoms with Crippen molar-refractivity contribution in [1.29, 1.82) is 0 Å². The van der Waals surface area contributed by atoms with E-state index in [0.29, 0.717) is 30.1 Å². The van der Waals surface area contributed by atoms with Crippen LogP contribution in [0, 0.1) is 5.92 Å². The van der Waals surface area contributed by atoms with Crippen LogP contribution in [0.5, 0.6) is 0 Å². The molecular formula is C19H22N2O3S3. The Morgan fingerprint density at radius 1 is 1.07 bits per heavy atom. The summed E-state index contributed by atoms with van der Waals surface area (Å²) in [6, 6.07) is 11.7. The van der Waals surface area contributed by atoms with Gasteiger partial charge in [0.15, 0.2) is 0 Å². The molecule has 8 heteroatoms. The van der Waals surface area contributed by atoms with E-state index in [-0.39, 0.29) is 17.9 Å². The third kappa shape index (κ3) is 3.94. The van der Waals surface area contributed by atoms with Crippen LogP contribution in [0.4, 0.5) is 0 Å². The molecule has 4 rings (SSSR count). The van der Waals surface area contributed by atoms with Gasteiger partial charge in [-0.05, 0) is 42.3 Å². The quantitative estimate of drug-likeness (QED) is 0.819. The largest absolute Gasteiger partial charge is 0.349 e. The van der Waals surface area contributed by atoms with Crippen molar-refractivity contribution in [1.82, 2.24) is 9.62 Å². The van der Waals surface area contributed by atoms with E-state index in [1.165, 1.54) is 26.1 Å². The van der Waals surface area contributed by atoms with Crippen LogP contribution in [0.1, 0.15) is 30.9 Å².